The highest BCUT2D eigenvalue weighted by atomic mass is 32.2. The number of hydrogen-bond acceptors (Lipinski definition) is 4. The summed E-state index contributed by atoms with van der Waals surface area (Å²) in [6.45, 7) is 3.04. The number of rotatable bonds is 4. The molecule has 0 saturated carbocycles. The number of benzene rings is 1. The van der Waals surface area contributed by atoms with E-state index in [9.17, 15) is 13.2 Å². The molecular formula is C12H14N4O3S. The van der Waals surface area contributed by atoms with Crippen molar-refractivity contribution < 1.29 is 13.2 Å². The van der Waals surface area contributed by atoms with Gasteiger partial charge < -0.3 is 10.3 Å². The van der Waals surface area contributed by atoms with Gasteiger partial charge in [0.05, 0.1) is 11.9 Å². The SMILES string of the molecule is CC(=O)Nc1cccc(NS(=O)(=O)c2cnc(C)[nH]2)c1. The fraction of sp³-hybridized carbons (Fsp3) is 0.167. The zero-order chi connectivity index (χ0) is 14.8. The van der Waals surface area contributed by atoms with Crippen LogP contribution in [0.4, 0.5) is 11.4 Å². The zero-order valence-electron chi connectivity index (χ0n) is 11.0. The molecule has 0 fully saturated rings. The Morgan fingerprint density at radius 2 is 2.00 bits per heavy atom. The first-order chi connectivity index (χ1) is 9.37. The van der Waals surface area contributed by atoms with Crippen molar-refractivity contribution in [1.82, 2.24) is 9.97 Å². The van der Waals surface area contributed by atoms with Crippen LogP contribution in [0.25, 0.3) is 0 Å². The zero-order valence-corrected chi connectivity index (χ0v) is 11.8. The second-order valence-corrected chi connectivity index (χ2v) is 5.85. The van der Waals surface area contributed by atoms with Crippen LogP contribution in [0.5, 0.6) is 0 Å². The molecule has 7 nitrogen and oxygen atoms in total. The van der Waals surface area contributed by atoms with Gasteiger partial charge in [0, 0.05) is 12.6 Å². The third-order valence-corrected chi connectivity index (χ3v) is 3.70. The van der Waals surface area contributed by atoms with Crippen LogP contribution in [-0.2, 0) is 14.8 Å². The van der Waals surface area contributed by atoms with Gasteiger partial charge in [-0.15, -0.1) is 0 Å². The molecule has 0 bridgehead atoms. The summed E-state index contributed by atoms with van der Waals surface area (Å²) in [6, 6.07) is 6.43. The molecule has 0 radical (unpaired) electrons. The Hall–Kier alpha value is -2.35. The van der Waals surface area contributed by atoms with Crippen molar-refractivity contribution in [2.75, 3.05) is 10.0 Å². The molecule has 1 amide bonds. The van der Waals surface area contributed by atoms with E-state index in [0.717, 1.165) is 0 Å². The van der Waals surface area contributed by atoms with Gasteiger partial charge in [-0.2, -0.15) is 8.42 Å². The van der Waals surface area contributed by atoms with E-state index in [-0.39, 0.29) is 10.9 Å². The second-order valence-electron chi connectivity index (χ2n) is 4.20. The summed E-state index contributed by atoms with van der Waals surface area (Å²) in [4.78, 5) is 17.5. The topological polar surface area (TPSA) is 104 Å². The number of carbonyl (C=O) groups is 1. The maximum absolute atomic E-state index is 12.1. The van der Waals surface area contributed by atoms with E-state index in [2.05, 4.69) is 20.0 Å². The molecule has 106 valence electrons. The van der Waals surface area contributed by atoms with Crippen LogP contribution in [0.1, 0.15) is 12.7 Å². The van der Waals surface area contributed by atoms with Crippen LogP contribution in [0, 0.1) is 6.92 Å². The van der Waals surface area contributed by atoms with Gasteiger partial charge in [-0.25, -0.2) is 4.98 Å². The molecule has 20 heavy (non-hydrogen) atoms. The Morgan fingerprint density at radius 1 is 1.30 bits per heavy atom. The number of nitrogens with one attached hydrogen (secondary N) is 3. The molecule has 2 rings (SSSR count). The largest absolute Gasteiger partial charge is 0.332 e. The maximum atomic E-state index is 12.1. The molecule has 1 aromatic heterocycles. The minimum atomic E-state index is -3.72. The molecule has 0 aliphatic rings. The van der Waals surface area contributed by atoms with Crippen molar-refractivity contribution in [3.63, 3.8) is 0 Å². The van der Waals surface area contributed by atoms with Crippen molar-refractivity contribution in [2.24, 2.45) is 0 Å². The minimum absolute atomic E-state index is 0.0140. The molecule has 0 spiro atoms. The Bertz CT molecular complexity index is 737. The number of sulfonamides is 1. The quantitative estimate of drug-likeness (QED) is 0.794. The van der Waals surface area contributed by atoms with Gasteiger partial charge in [0.1, 0.15) is 5.82 Å². The Morgan fingerprint density at radius 3 is 2.60 bits per heavy atom. The lowest BCUT2D eigenvalue weighted by Crippen LogP contribution is -2.14. The number of hydrogen-bond donors (Lipinski definition) is 3. The van der Waals surface area contributed by atoms with Crippen LogP contribution >= 0.6 is 0 Å². The number of aryl methyl sites for hydroxylation is 1. The number of imidazole rings is 1. The summed E-state index contributed by atoms with van der Waals surface area (Å²) in [5, 5.41) is 2.57. The number of nitrogens with zero attached hydrogens (tertiary/aromatic N) is 1. The van der Waals surface area contributed by atoms with Gasteiger partial charge >= 0.3 is 0 Å². The highest BCUT2D eigenvalue weighted by Gasteiger charge is 2.16. The third-order valence-electron chi connectivity index (χ3n) is 2.40. The predicted octanol–water partition coefficient (Wildman–Crippen LogP) is 1.48. The van der Waals surface area contributed by atoms with Crippen molar-refractivity contribution in [3.8, 4) is 0 Å². The molecule has 0 atom stereocenters. The van der Waals surface area contributed by atoms with E-state index in [1.807, 2.05) is 0 Å². The number of aromatic amines is 1. The number of anilines is 2. The van der Waals surface area contributed by atoms with E-state index >= 15 is 0 Å². The molecule has 8 heteroatoms. The highest BCUT2D eigenvalue weighted by molar-refractivity contribution is 7.92. The fourth-order valence-corrected chi connectivity index (χ4v) is 2.63. The predicted molar refractivity (Wildman–Crippen MR) is 74.9 cm³/mol. The second kappa shape index (κ2) is 5.33. The average Bonchev–Trinajstić information content (AvgIpc) is 2.75. The normalized spacial score (nSPS) is 11.1. The first kappa shape index (κ1) is 14.1. The minimum Gasteiger partial charge on any atom is -0.332 e. The first-order valence-electron chi connectivity index (χ1n) is 5.79. The van der Waals surface area contributed by atoms with Crippen LogP contribution in [0.2, 0.25) is 0 Å². The van der Waals surface area contributed by atoms with Crippen molar-refractivity contribution in [1.29, 1.82) is 0 Å². The van der Waals surface area contributed by atoms with Crippen LogP contribution in [0.3, 0.4) is 0 Å². The van der Waals surface area contributed by atoms with Gasteiger partial charge in [-0.1, -0.05) is 6.07 Å². The number of H-pyrrole nitrogens is 1. The number of aromatic nitrogens is 2. The Kier molecular flexibility index (Phi) is 3.75. The first-order valence-corrected chi connectivity index (χ1v) is 7.27. The summed E-state index contributed by atoms with van der Waals surface area (Å²) < 4.78 is 26.6. The van der Waals surface area contributed by atoms with E-state index in [1.54, 1.807) is 25.1 Å². The van der Waals surface area contributed by atoms with Crippen LogP contribution in [0.15, 0.2) is 35.5 Å². The smallest absolute Gasteiger partial charge is 0.278 e. The fourth-order valence-electron chi connectivity index (χ4n) is 1.61. The molecule has 2 aromatic rings. The Labute approximate surface area is 116 Å². The van der Waals surface area contributed by atoms with Gasteiger partial charge in [-0.3, -0.25) is 9.52 Å². The maximum Gasteiger partial charge on any atom is 0.278 e. The number of carbonyl (C=O) groups excluding carboxylic acids is 1. The van der Waals surface area contributed by atoms with E-state index in [0.29, 0.717) is 17.2 Å². The summed E-state index contributed by atoms with van der Waals surface area (Å²) in [5.74, 6) is 0.284. The Balaban J connectivity index is 2.23. The van der Waals surface area contributed by atoms with Crippen molar-refractivity contribution >= 4 is 27.3 Å². The van der Waals surface area contributed by atoms with Crippen LogP contribution < -0.4 is 10.0 Å². The summed E-state index contributed by atoms with van der Waals surface area (Å²) in [6.07, 6.45) is 1.25. The molecular weight excluding hydrogens is 280 g/mol. The average molecular weight is 294 g/mol. The molecule has 0 aliphatic heterocycles. The summed E-state index contributed by atoms with van der Waals surface area (Å²) >= 11 is 0. The van der Waals surface area contributed by atoms with E-state index in [4.69, 9.17) is 0 Å². The lowest BCUT2D eigenvalue weighted by Gasteiger charge is -2.08. The molecule has 0 unspecified atom stereocenters. The van der Waals surface area contributed by atoms with Gasteiger partial charge in [0.15, 0.2) is 5.03 Å². The molecule has 0 aliphatic carbocycles. The van der Waals surface area contributed by atoms with Gasteiger partial charge in [0.25, 0.3) is 10.0 Å². The monoisotopic (exact) mass is 294 g/mol. The van der Waals surface area contributed by atoms with E-state index in [1.165, 1.54) is 19.2 Å². The lowest BCUT2D eigenvalue weighted by molar-refractivity contribution is -0.114. The van der Waals surface area contributed by atoms with Crippen molar-refractivity contribution in [3.05, 3.63) is 36.3 Å². The van der Waals surface area contributed by atoms with Crippen molar-refractivity contribution in [2.45, 2.75) is 18.9 Å². The molecule has 0 saturated heterocycles. The molecule has 3 N–H and O–H groups in total. The molecule has 1 heterocycles. The van der Waals surface area contributed by atoms with Crippen LogP contribution in [-0.4, -0.2) is 24.3 Å². The highest BCUT2D eigenvalue weighted by Crippen LogP contribution is 2.18. The lowest BCUT2D eigenvalue weighted by atomic mass is 10.3. The summed E-state index contributed by atoms with van der Waals surface area (Å²) in [5.41, 5.74) is 0.863. The third kappa shape index (κ3) is 3.35. The standard InChI is InChI=1S/C12H14N4O3S/c1-8-13-7-12(14-8)20(18,19)16-11-5-3-4-10(6-11)15-9(2)17/h3-7,16H,1-2H3,(H,13,14)(H,15,17). The van der Waals surface area contributed by atoms with E-state index < -0.39 is 10.0 Å². The number of amides is 1. The molecule has 1 aromatic carbocycles. The van der Waals surface area contributed by atoms with Gasteiger partial charge in [0.2, 0.25) is 5.91 Å². The van der Waals surface area contributed by atoms with Gasteiger partial charge in [-0.05, 0) is 25.1 Å². The summed E-state index contributed by atoms with van der Waals surface area (Å²) in [7, 11) is -3.72.